The fraction of sp³-hybridized carbons (Fsp3) is 0.389. The number of pyridine rings is 2. The molecule has 3 heterocycles. The number of carbonyl (C=O) groups excluding carboxylic acids is 1. The number of rotatable bonds is 2. The number of hydrogen-bond acceptors (Lipinski definition) is 4. The monoisotopic (exact) mass is 308 g/mol. The zero-order valence-corrected chi connectivity index (χ0v) is 13.0. The van der Waals surface area contributed by atoms with Crippen molar-refractivity contribution in [3.8, 4) is 11.3 Å². The first-order chi connectivity index (χ1) is 11.2. The van der Waals surface area contributed by atoms with Gasteiger partial charge in [-0.05, 0) is 37.1 Å². The van der Waals surface area contributed by atoms with Gasteiger partial charge in [-0.3, -0.25) is 14.8 Å². The molecular weight excluding hydrogens is 288 g/mol. The van der Waals surface area contributed by atoms with Crippen molar-refractivity contribution in [1.29, 1.82) is 0 Å². The summed E-state index contributed by atoms with van der Waals surface area (Å²) in [6, 6.07) is 9.50. The minimum atomic E-state index is -0.0366. The SMILES string of the molecule is NC1CN(C(=O)c2ncccc2-c2ccccn2)CC12CCC2. The predicted octanol–water partition coefficient (Wildman–Crippen LogP) is 2.10. The smallest absolute Gasteiger partial charge is 0.273 e. The highest BCUT2D eigenvalue weighted by atomic mass is 16.2. The molecule has 0 bridgehead atoms. The molecule has 1 saturated heterocycles. The molecule has 1 spiro atoms. The summed E-state index contributed by atoms with van der Waals surface area (Å²) in [6.45, 7) is 1.38. The van der Waals surface area contributed by atoms with Crippen LogP contribution in [0.25, 0.3) is 11.3 Å². The molecule has 0 aromatic carbocycles. The fourth-order valence-corrected chi connectivity index (χ4v) is 3.76. The lowest BCUT2D eigenvalue weighted by Gasteiger charge is -2.41. The Kier molecular flexibility index (Phi) is 3.38. The molecule has 2 N–H and O–H groups in total. The zero-order chi connectivity index (χ0) is 15.9. The number of nitrogens with two attached hydrogens (primary N) is 1. The Bertz CT molecular complexity index is 727. The minimum Gasteiger partial charge on any atom is -0.335 e. The van der Waals surface area contributed by atoms with Crippen molar-refractivity contribution in [3.05, 3.63) is 48.4 Å². The van der Waals surface area contributed by atoms with Gasteiger partial charge in [-0.1, -0.05) is 12.5 Å². The highest BCUT2D eigenvalue weighted by Crippen LogP contribution is 2.47. The van der Waals surface area contributed by atoms with Crippen LogP contribution < -0.4 is 5.73 Å². The highest BCUT2D eigenvalue weighted by molar-refractivity contribution is 5.98. The topological polar surface area (TPSA) is 72.1 Å². The van der Waals surface area contributed by atoms with Gasteiger partial charge < -0.3 is 10.6 Å². The molecule has 2 aliphatic rings. The summed E-state index contributed by atoms with van der Waals surface area (Å²) in [4.78, 5) is 23.6. The fourth-order valence-electron chi connectivity index (χ4n) is 3.76. The molecule has 1 aliphatic heterocycles. The molecule has 1 atom stereocenters. The molecule has 4 rings (SSSR count). The highest BCUT2D eigenvalue weighted by Gasteiger charge is 2.50. The Labute approximate surface area is 135 Å². The molecule has 5 nitrogen and oxygen atoms in total. The van der Waals surface area contributed by atoms with E-state index in [0.717, 1.165) is 30.6 Å². The van der Waals surface area contributed by atoms with Gasteiger partial charge in [0.1, 0.15) is 5.69 Å². The predicted molar refractivity (Wildman–Crippen MR) is 87.6 cm³/mol. The van der Waals surface area contributed by atoms with E-state index in [1.807, 2.05) is 35.2 Å². The minimum absolute atomic E-state index is 0.0366. The third kappa shape index (κ3) is 2.32. The number of hydrogen-bond donors (Lipinski definition) is 1. The number of carbonyl (C=O) groups is 1. The van der Waals surface area contributed by atoms with Crippen molar-refractivity contribution in [2.75, 3.05) is 13.1 Å². The van der Waals surface area contributed by atoms with Gasteiger partial charge in [0.05, 0.1) is 5.69 Å². The quantitative estimate of drug-likeness (QED) is 0.922. The normalized spacial score (nSPS) is 22.1. The number of aromatic nitrogens is 2. The Hall–Kier alpha value is -2.27. The molecule has 2 aromatic heterocycles. The zero-order valence-electron chi connectivity index (χ0n) is 13.0. The molecule has 1 aliphatic carbocycles. The van der Waals surface area contributed by atoms with Gasteiger partial charge in [0.15, 0.2) is 0 Å². The summed E-state index contributed by atoms with van der Waals surface area (Å²) in [5.74, 6) is -0.0366. The van der Waals surface area contributed by atoms with Crippen molar-refractivity contribution >= 4 is 5.91 Å². The van der Waals surface area contributed by atoms with Crippen LogP contribution in [0, 0.1) is 5.41 Å². The van der Waals surface area contributed by atoms with Crippen LogP contribution in [0.3, 0.4) is 0 Å². The van der Waals surface area contributed by atoms with Gasteiger partial charge >= 0.3 is 0 Å². The Morgan fingerprint density at radius 2 is 2.00 bits per heavy atom. The molecular formula is C18H20N4O. The van der Waals surface area contributed by atoms with Crippen molar-refractivity contribution in [2.45, 2.75) is 25.3 Å². The second-order valence-corrected chi connectivity index (χ2v) is 6.62. The van der Waals surface area contributed by atoms with E-state index in [1.165, 1.54) is 6.42 Å². The van der Waals surface area contributed by atoms with Crippen molar-refractivity contribution in [3.63, 3.8) is 0 Å². The lowest BCUT2D eigenvalue weighted by molar-refractivity contribution is 0.0722. The molecule has 1 saturated carbocycles. The summed E-state index contributed by atoms with van der Waals surface area (Å²) >= 11 is 0. The van der Waals surface area contributed by atoms with Crippen LogP contribution in [-0.2, 0) is 0 Å². The van der Waals surface area contributed by atoms with Crippen LogP contribution in [0.1, 0.15) is 29.8 Å². The first-order valence-electron chi connectivity index (χ1n) is 8.11. The second-order valence-electron chi connectivity index (χ2n) is 6.62. The van der Waals surface area contributed by atoms with E-state index < -0.39 is 0 Å². The van der Waals surface area contributed by atoms with Gasteiger partial charge in [0.25, 0.3) is 5.91 Å². The van der Waals surface area contributed by atoms with Crippen LogP contribution in [-0.4, -0.2) is 39.9 Å². The molecule has 2 fully saturated rings. The standard InChI is InChI=1S/C18H20N4O/c19-15-11-22(12-18(15)7-4-8-18)17(23)16-13(5-3-10-21-16)14-6-1-2-9-20-14/h1-3,5-6,9-10,15H,4,7-8,11-12,19H2. The van der Waals surface area contributed by atoms with Crippen LogP contribution in [0.15, 0.2) is 42.7 Å². The molecule has 23 heavy (non-hydrogen) atoms. The Morgan fingerprint density at radius 3 is 2.65 bits per heavy atom. The third-order valence-electron chi connectivity index (χ3n) is 5.30. The van der Waals surface area contributed by atoms with E-state index in [1.54, 1.807) is 12.4 Å². The van der Waals surface area contributed by atoms with E-state index in [2.05, 4.69) is 9.97 Å². The molecule has 5 heteroatoms. The van der Waals surface area contributed by atoms with E-state index in [-0.39, 0.29) is 17.4 Å². The molecule has 1 amide bonds. The van der Waals surface area contributed by atoms with E-state index in [4.69, 9.17) is 5.73 Å². The van der Waals surface area contributed by atoms with E-state index in [0.29, 0.717) is 12.2 Å². The summed E-state index contributed by atoms with van der Waals surface area (Å²) in [6.07, 6.45) is 6.87. The maximum absolute atomic E-state index is 13.0. The van der Waals surface area contributed by atoms with Gasteiger partial charge in [-0.15, -0.1) is 0 Å². The molecule has 2 aromatic rings. The summed E-state index contributed by atoms with van der Waals surface area (Å²) in [7, 11) is 0. The van der Waals surface area contributed by atoms with Gasteiger partial charge in [-0.25, -0.2) is 0 Å². The summed E-state index contributed by atoms with van der Waals surface area (Å²) < 4.78 is 0. The average molecular weight is 308 g/mol. The Balaban J connectivity index is 1.65. The van der Waals surface area contributed by atoms with Crippen molar-refractivity contribution in [1.82, 2.24) is 14.9 Å². The summed E-state index contributed by atoms with van der Waals surface area (Å²) in [5.41, 5.74) is 8.47. The van der Waals surface area contributed by atoms with Crippen LogP contribution in [0.5, 0.6) is 0 Å². The Morgan fingerprint density at radius 1 is 1.17 bits per heavy atom. The maximum Gasteiger partial charge on any atom is 0.273 e. The van der Waals surface area contributed by atoms with Crippen molar-refractivity contribution in [2.24, 2.45) is 11.1 Å². The molecule has 118 valence electrons. The van der Waals surface area contributed by atoms with E-state index in [9.17, 15) is 4.79 Å². The third-order valence-corrected chi connectivity index (χ3v) is 5.30. The molecule has 1 unspecified atom stereocenters. The van der Waals surface area contributed by atoms with Gasteiger partial charge in [0, 0.05) is 42.5 Å². The van der Waals surface area contributed by atoms with Crippen LogP contribution in [0.4, 0.5) is 0 Å². The number of amides is 1. The van der Waals surface area contributed by atoms with Gasteiger partial charge in [-0.2, -0.15) is 0 Å². The molecule has 0 radical (unpaired) electrons. The maximum atomic E-state index is 13.0. The largest absolute Gasteiger partial charge is 0.335 e. The van der Waals surface area contributed by atoms with Gasteiger partial charge in [0.2, 0.25) is 0 Å². The second kappa shape index (κ2) is 5.42. The first kappa shape index (κ1) is 14.3. The van der Waals surface area contributed by atoms with Crippen LogP contribution in [0.2, 0.25) is 0 Å². The average Bonchev–Trinajstić information content (AvgIpc) is 2.93. The number of nitrogens with zero attached hydrogens (tertiary/aromatic N) is 3. The lowest BCUT2D eigenvalue weighted by Crippen LogP contribution is -2.45. The van der Waals surface area contributed by atoms with E-state index >= 15 is 0 Å². The van der Waals surface area contributed by atoms with Crippen molar-refractivity contribution < 1.29 is 4.79 Å². The first-order valence-corrected chi connectivity index (χ1v) is 8.11. The van der Waals surface area contributed by atoms with Crippen LogP contribution >= 0.6 is 0 Å². The lowest BCUT2D eigenvalue weighted by atomic mass is 9.66. The number of likely N-dealkylation sites (tertiary alicyclic amines) is 1. The summed E-state index contributed by atoms with van der Waals surface area (Å²) in [5, 5.41) is 0.